The van der Waals surface area contributed by atoms with Crippen molar-refractivity contribution in [3.05, 3.63) is 29.3 Å². The number of hydrogen-bond acceptors (Lipinski definition) is 5. The van der Waals surface area contributed by atoms with Gasteiger partial charge < -0.3 is 18.9 Å². The van der Waals surface area contributed by atoms with E-state index in [0.717, 1.165) is 17.7 Å². The lowest BCUT2D eigenvalue weighted by Gasteiger charge is -2.09. The second-order valence-corrected chi connectivity index (χ2v) is 4.15. The van der Waals surface area contributed by atoms with E-state index < -0.39 is 0 Å². The van der Waals surface area contributed by atoms with Gasteiger partial charge in [-0.3, -0.25) is 0 Å². The molecule has 0 aromatic heterocycles. The van der Waals surface area contributed by atoms with E-state index in [2.05, 4.69) is 6.07 Å². The van der Waals surface area contributed by atoms with Crippen molar-refractivity contribution in [1.82, 2.24) is 0 Å². The third-order valence-electron chi connectivity index (χ3n) is 2.68. The Morgan fingerprint density at radius 3 is 2.55 bits per heavy atom. The minimum absolute atomic E-state index is 0.427. The fourth-order valence-corrected chi connectivity index (χ4v) is 1.65. The Hall–Kier alpha value is -1.61. The van der Waals surface area contributed by atoms with E-state index >= 15 is 0 Å². The molecular formula is C15H21NO4. The van der Waals surface area contributed by atoms with Crippen molar-refractivity contribution in [1.29, 1.82) is 5.26 Å². The van der Waals surface area contributed by atoms with Gasteiger partial charge in [-0.2, -0.15) is 5.26 Å². The molecule has 0 amide bonds. The third-order valence-corrected chi connectivity index (χ3v) is 2.68. The number of nitrogens with zero attached hydrogens (tertiary/aromatic N) is 1. The summed E-state index contributed by atoms with van der Waals surface area (Å²) >= 11 is 0. The zero-order valence-electron chi connectivity index (χ0n) is 12.1. The molecule has 0 saturated heterocycles. The first-order valence-corrected chi connectivity index (χ1v) is 6.53. The highest BCUT2D eigenvalue weighted by atomic mass is 16.5. The van der Waals surface area contributed by atoms with E-state index in [1.165, 1.54) is 0 Å². The smallest absolute Gasteiger partial charge is 0.124 e. The lowest BCUT2D eigenvalue weighted by atomic mass is 10.1. The van der Waals surface area contributed by atoms with Crippen LogP contribution in [0.4, 0.5) is 0 Å². The number of methoxy groups -OCH3 is 2. The quantitative estimate of drug-likeness (QED) is 0.614. The van der Waals surface area contributed by atoms with Crippen LogP contribution in [-0.2, 0) is 20.8 Å². The van der Waals surface area contributed by atoms with Crippen LogP contribution in [0.1, 0.15) is 17.5 Å². The summed E-state index contributed by atoms with van der Waals surface area (Å²) in [4.78, 5) is 0. The van der Waals surface area contributed by atoms with Gasteiger partial charge in [-0.15, -0.1) is 0 Å². The predicted octanol–water partition coefficient (Wildman–Crippen LogP) is 2.14. The first kappa shape index (κ1) is 16.4. The van der Waals surface area contributed by atoms with Crippen LogP contribution in [0, 0.1) is 11.3 Å². The Balaban J connectivity index is 2.26. The summed E-state index contributed by atoms with van der Waals surface area (Å²) in [5.41, 5.74) is 1.49. The highest BCUT2D eigenvalue weighted by molar-refractivity contribution is 5.41. The Bertz CT molecular complexity index is 428. The summed E-state index contributed by atoms with van der Waals surface area (Å²) in [6.45, 7) is 2.90. The second-order valence-electron chi connectivity index (χ2n) is 4.15. The molecule has 20 heavy (non-hydrogen) atoms. The Morgan fingerprint density at radius 2 is 1.85 bits per heavy atom. The lowest BCUT2D eigenvalue weighted by molar-refractivity contribution is 0.0480. The second kappa shape index (κ2) is 10.2. The topological polar surface area (TPSA) is 60.7 Å². The minimum atomic E-state index is 0.427. The van der Waals surface area contributed by atoms with Gasteiger partial charge in [0.1, 0.15) is 5.75 Å². The summed E-state index contributed by atoms with van der Waals surface area (Å²) in [6, 6.07) is 7.40. The predicted molar refractivity (Wildman–Crippen MR) is 74.7 cm³/mol. The van der Waals surface area contributed by atoms with Gasteiger partial charge in [0.05, 0.1) is 38.6 Å². The lowest BCUT2D eigenvalue weighted by Crippen LogP contribution is -2.06. The molecule has 0 bridgehead atoms. The van der Waals surface area contributed by atoms with E-state index in [4.69, 9.17) is 24.2 Å². The van der Waals surface area contributed by atoms with Crippen LogP contribution in [0.3, 0.4) is 0 Å². The summed E-state index contributed by atoms with van der Waals surface area (Å²) in [7, 11) is 3.25. The molecule has 0 N–H and O–H groups in total. The van der Waals surface area contributed by atoms with Gasteiger partial charge in [0.25, 0.3) is 0 Å². The molecule has 0 heterocycles. The van der Waals surface area contributed by atoms with E-state index in [9.17, 15) is 0 Å². The molecule has 0 saturated carbocycles. The number of rotatable bonds is 10. The van der Waals surface area contributed by atoms with Gasteiger partial charge in [-0.1, -0.05) is 0 Å². The number of ether oxygens (including phenoxy) is 4. The van der Waals surface area contributed by atoms with Crippen LogP contribution in [0.5, 0.6) is 5.75 Å². The zero-order valence-corrected chi connectivity index (χ0v) is 12.1. The van der Waals surface area contributed by atoms with Crippen molar-refractivity contribution in [2.24, 2.45) is 0 Å². The molecule has 0 fully saturated rings. The van der Waals surface area contributed by atoms with E-state index in [-0.39, 0.29) is 0 Å². The molecule has 1 aromatic rings. The van der Waals surface area contributed by atoms with E-state index in [0.29, 0.717) is 38.6 Å². The van der Waals surface area contributed by atoms with Crippen LogP contribution >= 0.6 is 0 Å². The molecule has 1 rings (SSSR count). The maximum Gasteiger partial charge on any atom is 0.124 e. The molecule has 5 heteroatoms. The highest BCUT2D eigenvalue weighted by Crippen LogP contribution is 2.20. The summed E-state index contributed by atoms with van der Waals surface area (Å²) in [6.07, 6.45) is 0.823. The van der Waals surface area contributed by atoms with Crippen LogP contribution in [-0.4, -0.2) is 40.6 Å². The highest BCUT2D eigenvalue weighted by Gasteiger charge is 2.04. The number of nitriles is 1. The molecular weight excluding hydrogens is 258 g/mol. The SMILES string of the molecule is COCCOCCCOCc1cc(C#N)ccc1OC. The molecule has 0 unspecified atom stereocenters. The van der Waals surface area contributed by atoms with E-state index in [1.54, 1.807) is 32.4 Å². The van der Waals surface area contributed by atoms with Gasteiger partial charge >= 0.3 is 0 Å². The van der Waals surface area contributed by atoms with Crippen LogP contribution in [0.15, 0.2) is 18.2 Å². The van der Waals surface area contributed by atoms with Gasteiger partial charge in [0.15, 0.2) is 0 Å². The van der Waals surface area contributed by atoms with Crippen molar-refractivity contribution in [3.8, 4) is 11.8 Å². The van der Waals surface area contributed by atoms with Gasteiger partial charge in [-0.25, -0.2) is 0 Å². The number of benzene rings is 1. The van der Waals surface area contributed by atoms with Gasteiger partial charge in [0, 0.05) is 25.9 Å². The molecule has 1 aromatic carbocycles. The standard InChI is InChI=1S/C15H21NO4/c1-17-8-9-19-6-3-7-20-12-14-10-13(11-16)4-5-15(14)18-2/h4-5,10H,3,6-9,12H2,1-2H3. The average molecular weight is 279 g/mol. The molecule has 0 aliphatic carbocycles. The third kappa shape index (κ3) is 6.02. The van der Waals surface area contributed by atoms with Crippen LogP contribution in [0.25, 0.3) is 0 Å². The van der Waals surface area contributed by atoms with Crippen LogP contribution < -0.4 is 4.74 Å². The molecule has 110 valence electrons. The fraction of sp³-hybridized carbons (Fsp3) is 0.533. The maximum atomic E-state index is 8.88. The first-order chi connectivity index (χ1) is 9.81. The Morgan fingerprint density at radius 1 is 1.05 bits per heavy atom. The monoisotopic (exact) mass is 279 g/mol. The van der Waals surface area contributed by atoms with E-state index in [1.807, 2.05) is 0 Å². The molecule has 0 spiro atoms. The fourth-order valence-electron chi connectivity index (χ4n) is 1.65. The van der Waals surface area contributed by atoms with Crippen molar-refractivity contribution in [3.63, 3.8) is 0 Å². The maximum absolute atomic E-state index is 8.88. The molecule has 0 radical (unpaired) electrons. The van der Waals surface area contributed by atoms with Crippen molar-refractivity contribution in [2.45, 2.75) is 13.0 Å². The Kier molecular flexibility index (Phi) is 8.40. The number of hydrogen-bond donors (Lipinski definition) is 0. The molecule has 0 aliphatic rings. The zero-order chi connectivity index (χ0) is 14.6. The van der Waals surface area contributed by atoms with Gasteiger partial charge in [-0.05, 0) is 24.6 Å². The molecule has 0 atom stereocenters. The van der Waals surface area contributed by atoms with Gasteiger partial charge in [0.2, 0.25) is 0 Å². The van der Waals surface area contributed by atoms with Crippen LogP contribution in [0.2, 0.25) is 0 Å². The normalized spacial score (nSPS) is 10.2. The summed E-state index contributed by atoms with van der Waals surface area (Å²) in [5, 5.41) is 8.88. The average Bonchev–Trinajstić information content (AvgIpc) is 2.49. The largest absolute Gasteiger partial charge is 0.496 e. The van der Waals surface area contributed by atoms with Crippen molar-refractivity contribution < 1.29 is 18.9 Å². The minimum Gasteiger partial charge on any atom is -0.496 e. The Labute approximate surface area is 120 Å². The first-order valence-electron chi connectivity index (χ1n) is 6.53. The van der Waals surface area contributed by atoms with Crippen molar-refractivity contribution in [2.75, 3.05) is 40.6 Å². The molecule has 5 nitrogen and oxygen atoms in total. The summed E-state index contributed by atoms with van der Waals surface area (Å²) < 4.78 is 21.0. The van der Waals surface area contributed by atoms with Crippen molar-refractivity contribution >= 4 is 0 Å². The molecule has 0 aliphatic heterocycles. The summed E-state index contributed by atoms with van der Waals surface area (Å²) in [5.74, 6) is 0.736.